The first-order chi connectivity index (χ1) is 12.1. The average molecular weight is 358 g/mol. The molecule has 1 N–H and O–H groups in total. The van der Waals surface area contributed by atoms with Crippen LogP contribution in [0.4, 0.5) is 11.6 Å². The number of carbonyl (C=O) groups excluding carboxylic acids is 1. The number of benzene rings is 1. The van der Waals surface area contributed by atoms with E-state index in [1.807, 2.05) is 0 Å². The summed E-state index contributed by atoms with van der Waals surface area (Å²) in [4.78, 5) is 27.5. The second-order valence-corrected chi connectivity index (χ2v) is 6.34. The van der Waals surface area contributed by atoms with Gasteiger partial charge in [0.05, 0.1) is 11.2 Å². The van der Waals surface area contributed by atoms with Crippen LogP contribution in [0.25, 0.3) is 11.1 Å². The van der Waals surface area contributed by atoms with Crippen LogP contribution in [0.15, 0.2) is 28.8 Å². The SMILES string of the molecule is Cc1nc2cc(NC(=O)c3nc(N4CCCC4)ncc3Cl)ccc2o1. The molecule has 1 saturated heterocycles. The van der Waals surface area contributed by atoms with E-state index in [4.69, 9.17) is 16.0 Å². The van der Waals surface area contributed by atoms with Gasteiger partial charge in [-0.2, -0.15) is 0 Å². The number of anilines is 2. The molecule has 0 unspecified atom stereocenters. The van der Waals surface area contributed by atoms with Gasteiger partial charge in [-0.15, -0.1) is 0 Å². The Balaban J connectivity index is 1.59. The van der Waals surface area contributed by atoms with Crippen molar-refractivity contribution in [1.29, 1.82) is 0 Å². The molecule has 3 aromatic rings. The number of oxazole rings is 1. The molecular formula is C17H16ClN5O2. The number of amides is 1. The zero-order valence-corrected chi connectivity index (χ0v) is 14.4. The van der Waals surface area contributed by atoms with Gasteiger partial charge < -0.3 is 14.6 Å². The second-order valence-electron chi connectivity index (χ2n) is 5.93. The number of halogens is 1. The van der Waals surface area contributed by atoms with E-state index in [2.05, 4.69) is 25.2 Å². The lowest BCUT2D eigenvalue weighted by molar-refractivity contribution is 0.102. The van der Waals surface area contributed by atoms with Gasteiger partial charge in [-0.3, -0.25) is 4.79 Å². The van der Waals surface area contributed by atoms with E-state index in [-0.39, 0.29) is 16.6 Å². The van der Waals surface area contributed by atoms with Gasteiger partial charge in [0.15, 0.2) is 17.2 Å². The largest absolute Gasteiger partial charge is 0.441 e. The number of aryl methyl sites for hydroxylation is 1. The van der Waals surface area contributed by atoms with Gasteiger partial charge in [0, 0.05) is 25.7 Å². The van der Waals surface area contributed by atoms with Crippen LogP contribution in [-0.2, 0) is 0 Å². The molecule has 8 heteroatoms. The number of nitrogens with zero attached hydrogens (tertiary/aromatic N) is 4. The molecule has 0 spiro atoms. The van der Waals surface area contributed by atoms with Crippen LogP contribution in [0.3, 0.4) is 0 Å². The maximum absolute atomic E-state index is 12.6. The molecule has 1 amide bonds. The van der Waals surface area contributed by atoms with Gasteiger partial charge in [0.2, 0.25) is 5.95 Å². The van der Waals surface area contributed by atoms with Crippen molar-refractivity contribution in [1.82, 2.24) is 15.0 Å². The molecule has 0 radical (unpaired) electrons. The normalized spacial score (nSPS) is 14.2. The Bertz CT molecular complexity index is 949. The summed E-state index contributed by atoms with van der Waals surface area (Å²) in [6.45, 7) is 3.56. The highest BCUT2D eigenvalue weighted by atomic mass is 35.5. The first kappa shape index (κ1) is 15.8. The number of aromatic nitrogens is 3. The van der Waals surface area contributed by atoms with Crippen molar-refractivity contribution in [2.75, 3.05) is 23.3 Å². The minimum Gasteiger partial charge on any atom is -0.441 e. The highest BCUT2D eigenvalue weighted by molar-refractivity contribution is 6.34. The molecule has 1 aliphatic heterocycles. The van der Waals surface area contributed by atoms with Crippen LogP contribution in [0.2, 0.25) is 5.02 Å². The van der Waals surface area contributed by atoms with Gasteiger partial charge in [-0.05, 0) is 31.0 Å². The predicted octanol–water partition coefficient (Wildman–Crippen LogP) is 3.43. The Labute approximate surface area is 149 Å². The molecule has 1 aromatic carbocycles. The van der Waals surface area contributed by atoms with E-state index in [0.717, 1.165) is 25.9 Å². The number of fused-ring (bicyclic) bond motifs is 1. The van der Waals surface area contributed by atoms with Crippen LogP contribution < -0.4 is 10.2 Å². The summed E-state index contributed by atoms with van der Waals surface area (Å²) < 4.78 is 5.43. The second kappa shape index (κ2) is 6.33. The van der Waals surface area contributed by atoms with Gasteiger partial charge in [-0.25, -0.2) is 15.0 Å². The maximum atomic E-state index is 12.6. The third-order valence-corrected chi connectivity index (χ3v) is 4.36. The monoisotopic (exact) mass is 357 g/mol. The highest BCUT2D eigenvalue weighted by Gasteiger charge is 2.20. The number of carbonyl (C=O) groups is 1. The molecule has 25 heavy (non-hydrogen) atoms. The van der Waals surface area contributed by atoms with Crippen LogP contribution in [0.1, 0.15) is 29.2 Å². The van der Waals surface area contributed by atoms with Crippen molar-refractivity contribution in [2.45, 2.75) is 19.8 Å². The summed E-state index contributed by atoms with van der Waals surface area (Å²) in [5, 5.41) is 3.03. The molecule has 1 fully saturated rings. The Hall–Kier alpha value is -2.67. The first-order valence-corrected chi connectivity index (χ1v) is 8.44. The molecule has 0 atom stereocenters. The summed E-state index contributed by atoms with van der Waals surface area (Å²) in [6, 6.07) is 5.27. The van der Waals surface area contributed by atoms with Crippen LogP contribution in [0.5, 0.6) is 0 Å². The van der Waals surface area contributed by atoms with Crippen LogP contribution in [0, 0.1) is 6.92 Å². The van der Waals surface area contributed by atoms with E-state index in [9.17, 15) is 4.79 Å². The van der Waals surface area contributed by atoms with E-state index in [1.165, 1.54) is 6.20 Å². The average Bonchev–Trinajstić information content (AvgIpc) is 3.23. The molecule has 0 saturated carbocycles. The highest BCUT2D eigenvalue weighted by Crippen LogP contribution is 2.23. The Morgan fingerprint density at radius 1 is 1.28 bits per heavy atom. The fraction of sp³-hybridized carbons (Fsp3) is 0.294. The minimum absolute atomic E-state index is 0.162. The summed E-state index contributed by atoms with van der Waals surface area (Å²) in [5.74, 6) is 0.731. The van der Waals surface area contributed by atoms with E-state index < -0.39 is 0 Å². The summed E-state index contributed by atoms with van der Waals surface area (Å²) in [6.07, 6.45) is 3.68. The molecule has 128 valence electrons. The van der Waals surface area contributed by atoms with E-state index >= 15 is 0 Å². The lowest BCUT2D eigenvalue weighted by Crippen LogP contribution is -2.23. The molecule has 3 heterocycles. The number of nitrogens with one attached hydrogen (secondary N) is 1. The van der Waals surface area contributed by atoms with Crippen molar-refractivity contribution >= 4 is 40.2 Å². The number of hydrogen-bond donors (Lipinski definition) is 1. The molecule has 0 bridgehead atoms. The van der Waals surface area contributed by atoms with Crippen molar-refractivity contribution < 1.29 is 9.21 Å². The molecule has 1 aliphatic rings. The van der Waals surface area contributed by atoms with Crippen molar-refractivity contribution in [3.05, 3.63) is 41.0 Å². The van der Waals surface area contributed by atoms with Crippen molar-refractivity contribution in [3.8, 4) is 0 Å². The zero-order valence-electron chi connectivity index (χ0n) is 13.6. The molecule has 4 rings (SSSR count). The van der Waals surface area contributed by atoms with Crippen molar-refractivity contribution in [3.63, 3.8) is 0 Å². The predicted molar refractivity (Wildman–Crippen MR) is 95.2 cm³/mol. The van der Waals surface area contributed by atoms with Crippen LogP contribution in [-0.4, -0.2) is 33.9 Å². The summed E-state index contributed by atoms with van der Waals surface area (Å²) in [7, 11) is 0. The molecule has 0 aliphatic carbocycles. The van der Waals surface area contributed by atoms with Crippen molar-refractivity contribution in [2.24, 2.45) is 0 Å². The van der Waals surface area contributed by atoms with E-state index in [0.29, 0.717) is 28.6 Å². The fourth-order valence-corrected chi connectivity index (χ4v) is 3.07. The quantitative estimate of drug-likeness (QED) is 0.773. The third-order valence-electron chi connectivity index (χ3n) is 4.09. The maximum Gasteiger partial charge on any atom is 0.276 e. The van der Waals surface area contributed by atoms with Crippen LogP contribution >= 0.6 is 11.6 Å². The third kappa shape index (κ3) is 3.15. The van der Waals surface area contributed by atoms with Gasteiger partial charge >= 0.3 is 0 Å². The number of hydrogen-bond acceptors (Lipinski definition) is 6. The number of rotatable bonds is 3. The van der Waals surface area contributed by atoms with E-state index in [1.54, 1.807) is 25.1 Å². The lowest BCUT2D eigenvalue weighted by atomic mass is 10.2. The fourth-order valence-electron chi connectivity index (χ4n) is 2.90. The molecule has 7 nitrogen and oxygen atoms in total. The topological polar surface area (TPSA) is 84.2 Å². The first-order valence-electron chi connectivity index (χ1n) is 8.06. The molecular weight excluding hydrogens is 342 g/mol. The van der Waals surface area contributed by atoms with Gasteiger partial charge in [-0.1, -0.05) is 11.6 Å². The van der Waals surface area contributed by atoms with Gasteiger partial charge in [0.25, 0.3) is 5.91 Å². The molecule has 2 aromatic heterocycles. The Morgan fingerprint density at radius 2 is 2.08 bits per heavy atom. The zero-order chi connectivity index (χ0) is 17.4. The standard InChI is InChI=1S/C17H16ClN5O2/c1-10-20-13-8-11(4-5-14(13)25-10)21-16(24)15-12(18)9-19-17(22-15)23-6-2-3-7-23/h4-5,8-9H,2-3,6-7H2,1H3,(H,21,24). The minimum atomic E-state index is -0.382. The lowest BCUT2D eigenvalue weighted by Gasteiger charge is -2.16. The summed E-state index contributed by atoms with van der Waals surface area (Å²) in [5.41, 5.74) is 2.12. The Kier molecular flexibility index (Phi) is 4.01. The Morgan fingerprint density at radius 3 is 2.88 bits per heavy atom. The van der Waals surface area contributed by atoms with Gasteiger partial charge in [0.1, 0.15) is 5.52 Å². The smallest absolute Gasteiger partial charge is 0.276 e. The summed E-state index contributed by atoms with van der Waals surface area (Å²) >= 11 is 6.13.